The number of rotatable bonds is 2. The summed E-state index contributed by atoms with van der Waals surface area (Å²) in [5, 5.41) is 0. The van der Waals surface area contributed by atoms with E-state index in [1.54, 1.807) is 0 Å². The SMILES string of the molecule is Cc1ccc(C(Br)C2CCCCCC2)cc1. The standard InChI is InChI=1S/C15H21Br/c1-12-8-10-14(11-9-12)15(16)13-6-4-2-3-5-7-13/h8-11,13,15H,2-7H2,1H3. The van der Waals surface area contributed by atoms with Gasteiger partial charge in [-0.15, -0.1) is 0 Å². The van der Waals surface area contributed by atoms with Crippen LogP contribution in [0.3, 0.4) is 0 Å². The molecule has 1 atom stereocenters. The number of hydrogen-bond donors (Lipinski definition) is 0. The smallest absolute Gasteiger partial charge is 0.0423 e. The lowest BCUT2D eigenvalue weighted by Gasteiger charge is -2.21. The Bertz CT molecular complexity index is 307. The molecule has 1 aromatic carbocycles. The number of alkyl halides is 1. The molecule has 0 amide bonds. The third-order valence-electron chi connectivity index (χ3n) is 3.71. The van der Waals surface area contributed by atoms with Gasteiger partial charge in [0.05, 0.1) is 0 Å². The van der Waals surface area contributed by atoms with E-state index in [2.05, 4.69) is 47.1 Å². The minimum atomic E-state index is 0.561. The van der Waals surface area contributed by atoms with Gasteiger partial charge in [-0.25, -0.2) is 0 Å². The second kappa shape index (κ2) is 5.86. The van der Waals surface area contributed by atoms with Crippen molar-refractivity contribution >= 4 is 15.9 Å². The summed E-state index contributed by atoms with van der Waals surface area (Å²) in [4.78, 5) is 0.561. The molecule has 0 aromatic heterocycles. The summed E-state index contributed by atoms with van der Waals surface area (Å²) in [5.41, 5.74) is 2.81. The molecule has 0 bridgehead atoms. The quantitative estimate of drug-likeness (QED) is 0.503. The number of benzene rings is 1. The van der Waals surface area contributed by atoms with Crippen molar-refractivity contribution in [1.29, 1.82) is 0 Å². The topological polar surface area (TPSA) is 0 Å². The second-order valence-electron chi connectivity index (χ2n) is 5.06. The van der Waals surface area contributed by atoms with E-state index < -0.39 is 0 Å². The van der Waals surface area contributed by atoms with Crippen LogP contribution >= 0.6 is 15.9 Å². The number of halogens is 1. The maximum absolute atomic E-state index is 3.91. The fourth-order valence-corrected chi connectivity index (χ4v) is 3.46. The van der Waals surface area contributed by atoms with Gasteiger partial charge in [-0.2, -0.15) is 0 Å². The molecule has 2 rings (SSSR count). The first-order valence-electron chi connectivity index (χ1n) is 6.48. The highest BCUT2D eigenvalue weighted by Crippen LogP contribution is 2.39. The first-order chi connectivity index (χ1) is 7.77. The summed E-state index contributed by atoms with van der Waals surface area (Å²) in [7, 11) is 0. The average molecular weight is 281 g/mol. The highest BCUT2D eigenvalue weighted by molar-refractivity contribution is 9.09. The van der Waals surface area contributed by atoms with E-state index in [4.69, 9.17) is 0 Å². The predicted molar refractivity (Wildman–Crippen MR) is 74.0 cm³/mol. The van der Waals surface area contributed by atoms with Gasteiger partial charge in [0, 0.05) is 4.83 Å². The second-order valence-corrected chi connectivity index (χ2v) is 6.05. The molecule has 1 fully saturated rings. The van der Waals surface area contributed by atoms with E-state index in [1.807, 2.05) is 0 Å². The zero-order chi connectivity index (χ0) is 11.4. The van der Waals surface area contributed by atoms with Crippen molar-refractivity contribution in [1.82, 2.24) is 0 Å². The lowest BCUT2D eigenvalue weighted by Crippen LogP contribution is -2.06. The molecule has 88 valence electrons. The summed E-state index contributed by atoms with van der Waals surface area (Å²) in [5.74, 6) is 0.838. The lowest BCUT2D eigenvalue weighted by atomic mass is 9.92. The van der Waals surface area contributed by atoms with Gasteiger partial charge in [-0.3, -0.25) is 0 Å². The third-order valence-corrected chi connectivity index (χ3v) is 4.99. The highest BCUT2D eigenvalue weighted by Gasteiger charge is 2.21. The van der Waals surface area contributed by atoms with Crippen LogP contribution in [-0.2, 0) is 0 Å². The fourth-order valence-electron chi connectivity index (χ4n) is 2.63. The molecule has 0 heterocycles. The van der Waals surface area contributed by atoms with Gasteiger partial charge in [0.2, 0.25) is 0 Å². The van der Waals surface area contributed by atoms with E-state index in [9.17, 15) is 0 Å². The Morgan fingerprint density at radius 3 is 2.12 bits per heavy atom. The Hall–Kier alpha value is -0.300. The maximum atomic E-state index is 3.91. The van der Waals surface area contributed by atoms with Crippen LogP contribution in [-0.4, -0.2) is 0 Å². The molecule has 1 heteroatoms. The Morgan fingerprint density at radius 2 is 1.56 bits per heavy atom. The molecular formula is C15H21Br. The molecular weight excluding hydrogens is 260 g/mol. The van der Waals surface area contributed by atoms with Crippen molar-refractivity contribution in [2.45, 2.75) is 50.3 Å². The van der Waals surface area contributed by atoms with Crippen molar-refractivity contribution in [3.63, 3.8) is 0 Å². The van der Waals surface area contributed by atoms with Gasteiger partial charge in [0.1, 0.15) is 0 Å². The Kier molecular flexibility index (Phi) is 4.45. The van der Waals surface area contributed by atoms with Crippen LogP contribution in [0.5, 0.6) is 0 Å². The van der Waals surface area contributed by atoms with Gasteiger partial charge in [0.25, 0.3) is 0 Å². The number of aryl methyl sites for hydroxylation is 1. The van der Waals surface area contributed by atoms with Crippen molar-refractivity contribution in [2.24, 2.45) is 5.92 Å². The molecule has 1 aromatic rings. The van der Waals surface area contributed by atoms with Gasteiger partial charge in [0.15, 0.2) is 0 Å². The van der Waals surface area contributed by atoms with E-state index in [1.165, 1.54) is 49.7 Å². The molecule has 0 spiro atoms. The van der Waals surface area contributed by atoms with Gasteiger partial charge >= 0.3 is 0 Å². The van der Waals surface area contributed by atoms with Crippen LogP contribution in [0.4, 0.5) is 0 Å². The van der Waals surface area contributed by atoms with Gasteiger partial charge < -0.3 is 0 Å². The molecule has 1 saturated carbocycles. The molecule has 1 aliphatic carbocycles. The Morgan fingerprint density at radius 1 is 1.00 bits per heavy atom. The summed E-state index contributed by atoms with van der Waals surface area (Å²) in [6.45, 7) is 2.15. The summed E-state index contributed by atoms with van der Waals surface area (Å²) >= 11 is 3.91. The zero-order valence-electron chi connectivity index (χ0n) is 10.1. The van der Waals surface area contributed by atoms with E-state index in [-0.39, 0.29) is 0 Å². The Labute approximate surface area is 108 Å². The van der Waals surface area contributed by atoms with E-state index in [0.29, 0.717) is 4.83 Å². The molecule has 1 aliphatic rings. The highest BCUT2D eigenvalue weighted by atomic mass is 79.9. The number of hydrogen-bond acceptors (Lipinski definition) is 0. The lowest BCUT2D eigenvalue weighted by molar-refractivity contribution is 0.454. The fraction of sp³-hybridized carbons (Fsp3) is 0.600. The monoisotopic (exact) mass is 280 g/mol. The van der Waals surface area contributed by atoms with Crippen molar-refractivity contribution in [3.8, 4) is 0 Å². The van der Waals surface area contributed by atoms with Crippen LogP contribution < -0.4 is 0 Å². The van der Waals surface area contributed by atoms with Gasteiger partial charge in [-0.1, -0.05) is 71.4 Å². The van der Waals surface area contributed by atoms with E-state index >= 15 is 0 Å². The zero-order valence-corrected chi connectivity index (χ0v) is 11.7. The first-order valence-corrected chi connectivity index (χ1v) is 7.39. The normalized spacial score (nSPS) is 20.4. The molecule has 0 nitrogen and oxygen atoms in total. The molecule has 0 N–H and O–H groups in total. The minimum Gasteiger partial charge on any atom is -0.0836 e. The van der Waals surface area contributed by atoms with Crippen LogP contribution in [0.15, 0.2) is 24.3 Å². The average Bonchev–Trinajstić information content (AvgIpc) is 2.57. The first kappa shape index (κ1) is 12.2. The summed E-state index contributed by atoms with van der Waals surface area (Å²) in [6, 6.07) is 9.00. The predicted octanol–water partition coefficient (Wildman–Crippen LogP) is 5.40. The van der Waals surface area contributed by atoms with Gasteiger partial charge in [-0.05, 0) is 31.2 Å². The molecule has 1 unspecified atom stereocenters. The van der Waals surface area contributed by atoms with Crippen molar-refractivity contribution in [2.75, 3.05) is 0 Å². The van der Waals surface area contributed by atoms with Crippen LogP contribution in [0.25, 0.3) is 0 Å². The Balaban J connectivity index is 2.04. The minimum absolute atomic E-state index is 0.561. The largest absolute Gasteiger partial charge is 0.0836 e. The molecule has 16 heavy (non-hydrogen) atoms. The third kappa shape index (κ3) is 3.10. The summed E-state index contributed by atoms with van der Waals surface area (Å²) in [6.07, 6.45) is 8.49. The van der Waals surface area contributed by atoms with Crippen molar-refractivity contribution in [3.05, 3.63) is 35.4 Å². The van der Waals surface area contributed by atoms with Crippen LogP contribution in [0, 0.1) is 12.8 Å². The molecule has 0 radical (unpaired) electrons. The van der Waals surface area contributed by atoms with Crippen molar-refractivity contribution < 1.29 is 0 Å². The molecule has 0 aliphatic heterocycles. The van der Waals surface area contributed by atoms with Crippen LogP contribution in [0.2, 0.25) is 0 Å². The van der Waals surface area contributed by atoms with E-state index in [0.717, 1.165) is 5.92 Å². The maximum Gasteiger partial charge on any atom is 0.0423 e. The van der Waals surface area contributed by atoms with Crippen LogP contribution in [0.1, 0.15) is 54.5 Å². The molecule has 0 saturated heterocycles. The summed E-state index contributed by atoms with van der Waals surface area (Å²) < 4.78 is 0.